The number of nitrogens with two attached hydrogens (primary N) is 1. The van der Waals surface area contributed by atoms with Crippen LogP contribution in [0, 0.1) is 28.6 Å². The number of amides is 5. The molecule has 1 unspecified atom stereocenters. The highest BCUT2D eigenvalue weighted by Gasteiger charge is 2.58. The number of primary amides is 1. The summed E-state index contributed by atoms with van der Waals surface area (Å²) >= 11 is 0. The SMILES string of the molecule is CN(C[C@@H](NC(=O)N[C@H](C(=O)N1C[C@@H]2C[C@@H]2[C@H]1C(=O)NC(C(=O)C(N)=O)C1CCC1)C(C)(C)C)C(C)(C)C)S(C)(=O)=O. The van der Waals surface area contributed by atoms with Crippen LogP contribution >= 0.6 is 0 Å². The van der Waals surface area contributed by atoms with Gasteiger partial charge in [0.05, 0.1) is 6.26 Å². The lowest BCUT2D eigenvalue weighted by Gasteiger charge is -2.39. The third-order valence-electron chi connectivity index (χ3n) is 8.89. The van der Waals surface area contributed by atoms with E-state index in [0.29, 0.717) is 19.4 Å². The second kappa shape index (κ2) is 12.1. The predicted octanol–water partition coefficient (Wildman–Crippen LogP) is 0.193. The lowest BCUT2D eigenvalue weighted by atomic mass is 9.78. The number of fused-ring (bicyclic) bond motifs is 1. The minimum absolute atomic E-state index is 0.0355. The zero-order valence-corrected chi connectivity index (χ0v) is 26.8. The fraction of sp³-hybridized carbons (Fsp3) is 0.821. The van der Waals surface area contributed by atoms with Crippen molar-refractivity contribution in [3.05, 3.63) is 0 Å². The maximum atomic E-state index is 14.0. The number of likely N-dealkylation sites (N-methyl/N-ethyl adjacent to an activating group) is 1. The molecule has 42 heavy (non-hydrogen) atoms. The fourth-order valence-corrected chi connectivity index (χ4v) is 6.08. The Hall–Kier alpha value is -2.74. The summed E-state index contributed by atoms with van der Waals surface area (Å²) in [5, 5.41) is 8.38. The van der Waals surface area contributed by atoms with E-state index in [0.717, 1.165) is 23.4 Å². The number of ketones is 1. The summed E-state index contributed by atoms with van der Waals surface area (Å²) in [6.45, 7) is 11.4. The van der Waals surface area contributed by atoms with Crippen molar-refractivity contribution in [3.63, 3.8) is 0 Å². The van der Waals surface area contributed by atoms with Crippen molar-refractivity contribution in [2.45, 2.75) is 91.4 Å². The maximum Gasteiger partial charge on any atom is 0.315 e. The van der Waals surface area contributed by atoms with Crippen molar-refractivity contribution in [2.24, 2.45) is 34.3 Å². The number of nitrogens with zero attached hydrogens (tertiary/aromatic N) is 2. The van der Waals surface area contributed by atoms with Crippen molar-refractivity contribution in [2.75, 3.05) is 26.4 Å². The molecule has 5 N–H and O–H groups in total. The smallest absolute Gasteiger partial charge is 0.315 e. The van der Waals surface area contributed by atoms with Gasteiger partial charge in [0.25, 0.3) is 5.91 Å². The van der Waals surface area contributed by atoms with Gasteiger partial charge >= 0.3 is 6.03 Å². The summed E-state index contributed by atoms with van der Waals surface area (Å²) in [6.07, 6.45) is 4.15. The molecule has 0 aromatic carbocycles. The van der Waals surface area contributed by atoms with Crippen LogP contribution in [0.5, 0.6) is 0 Å². The first-order chi connectivity index (χ1) is 19.1. The minimum atomic E-state index is -3.49. The van der Waals surface area contributed by atoms with Crippen LogP contribution in [0.25, 0.3) is 0 Å². The first-order valence-electron chi connectivity index (χ1n) is 14.6. The van der Waals surface area contributed by atoms with Gasteiger partial charge in [-0.3, -0.25) is 19.2 Å². The predicted molar refractivity (Wildman–Crippen MR) is 156 cm³/mol. The molecule has 0 aromatic rings. The molecule has 0 radical (unpaired) electrons. The van der Waals surface area contributed by atoms with Crippen molar-refractivity contribution < 1.29 is 32.4 Å². The van der Waals surface area contributed by atoms with E-state index >= 15 is 0 Å². The Kier molecular flexibility index (Phi) is 9.72. The number of piperidine rings is 1. The maximum absolute atomic E-state index is 14.0. The lowest BCUT2D eigenvalue weighted by molar-refractivity contribution is -0.145. The van der Waals surface area contributed by atoms with E-state index in [1.807, 2.05) is 20.8 Å². The second-order valence-corrected chi connectivity index (χ2v) is 16.5. The quantitative estimate of drug-likeness (QED) is 0.240. The van der Waals surface area contributed by atoms with Crippen LogP contribution < -0.4 is 21.7 Å². The van der Waals surface area contributed by atoms with Crippen LogP contribution in [0.1, 0.15) is 67.2 Å². The highest BCUT2D eigenvalue weighted by molar-refractivity contribution is 7.88. The van der Waals surface area contributed by atoms with Crippen LogP contribution in [0.15, 0.2) is 0 Å². The average Bonchev–Trinajstić information content (AvgIpc) is 3.46. The Bertz CT molecular complexity index is 1200. The molecule has 6 atom stereocenters. The second-order valence-electron chi connectivity index (χ2n) is 14.4. The van der Waals surface area contributed by atoms with Crippen molar-refractivity contribution in [3.8, 4) is 0 Å². The Morgan fingerprint density at radius 2 is 1.57 bits per heavy atom. The number of Topliss-reactive ketones (excluding diaryl/α,β-unsaturated/α-hetero) is 1. The van der Waals surface area contributed by atoms with E-state index in [1.165, 1.54) is 11.9 Å². The van der Waals surface area contributed by atoms with Gasteiger partial charge in [-0.15, -0.1) is 0 Å². The standard InChI is InChI=1S/C28H48N6O7S/c1-27(2,3)18(14-33(7)42(8,40)41)30-26(39)32-22(28(4,5)6)25(38)34-13-16-12-17(16)20(34)24(37)31-19(15-10-9-11-15)21(35)23(29)36/h15-20,22H,9-14H2,1-8H3,(H2,29,36)(H,31,37)(H2,30,32,39)/t16-,17-,18+,19?,20-,22+/m0/s1. The molecular formula is C28H48N6O7S. The number of hydrogen-bond donors (Lipinski definition) is 4. The van der Waals surface area contributed by atoms with Gasteiger partial charge in [-0.05, 0) is 47.8 Å². The molecule has 0 spiro atoms. The molecule has 0 bridgehead atoms. The van der Waals surface area contributed by atoms with Crippen LogP contribution in [0.4, 0.5) is 4.79 Å². The number of carbonyl (C=O) groups excluding carboxylic acids is 5. The van der Waals surface area contributed by atoms with Gasteiger partial charge in [-0.25, -0.2) is 17.5 Å². The molecule has 1 heterocycles. The van der Waals surface area contributed by atoms with E-state index in [-0.39, 0.29) is 24.3 Å². The molecule has 0 aromatic heterocycles. The van der Waals surface area contributed by atoms with E-state index in [2.05, 4.69) is 16.0 Å². The number of rotatable bonds is 11. The van der Waals surface area contributed by atoms with Gasteiger partial charge in [0.2, 0.25) is 27.6 Å². The number of sulfonamides is 1. The third kappa shape index (κ3) is 7.80. The fourth-order valence-electron chi connectivity index (χ4n) is 5.66. The molecule has 3 rings (SSSR count). The average molecular weight is 613 g/mol. The molecule has 3 aliphatic rings. The van der Waals surface area contributed by atoms with E-state index in [1.54, 1.807) is 20.8 Å². The topological polar surface area (TPSA) is 188 Å². The summed E-state index contributed by atoms with van der Waals surface area (Å²) in [5.74, 6) is -2.94. The summed E-state index contributed by atoms with van der Waals surface area (Å²) in [6, 6.07) is -4.05. The molecule has 2 saturated carbocycles. The molecule has 238 valence electrons. The molecule has 13 nitrogen and oxygen atoms in total. The minimum Gasteiger partial charge on any atom is -0.363 e. The van der Waals surface area contributed by atoms with Gasteiger partial charge < -0.3 is 26.6 Å². The molecular weight excluding hydrogens is 564 g/mol. The van der Waals surface area contributed by atoms with Gasteiger partial charge in [0, 0.05) is 26.2 Å². The molecule has 5 amide bonds. The first-order valence-corrected chi connectivity index (χ1v) is 16.4. The third-order valence-corrected chi connectivity index (χ3v) is 10.2. The van der Waals surface area contributed by atoms with Gasteiger partial charge in [-0.2, -0.15) is 0 Å². The van der Waals surface area contributed by atoms with Crippen LogP contribution in [-0.2, 0) is 29.2 Å². The molecule has 14 heteroatoms. The van der Waals surface area contributed by atoms with Gasteiger partial charge in [-0.1, -0.05) is 48.0 Å². The molecule has 1 aliphatic heterocycles. The van der Waals surface area contributed by atoms with Gasteiger partial charge in [0.15, 0.2) is 0 Å². The first kappa shape index (κ1) is 33.8. The van der Waals surface area contributed by atoms with Crippen molar-refractivity contribution in [1.82, 2.24) is 25.2 Å². The summed E-state index contributed by atoms with van der Waals surface area (Å²) in [5.41, 5.74) is 4.01. The molecule has 1 saturated heterocycles. The van der Waals surface area contributed by atoms with E-state index in [4.69, 9.17) is 5.73 Å². The van der Waals surface area contributed by atoms with Crippen LogP contribution in [0.3, 0.4) is 0 Å². The Morgan fingerprint density at radius 3 is 2.02 bits per heavy atom. The number of hydrogen-bond acceptors (Lipinski definition) is 7. The number of urea groups is 1. The normalized spacial score (nSPS) is 24.6. The lowest BCUT2D eigenvalue weighted by Crippen LogP contribution is -2.62. The number of nitrogens with one attached hydrogen (secondary N) is 3. The summed E-state index contributed by atoms with van der Waals surface area (Å²) < 4.78 is 25.2. The van der Waals surface area contributed by atoms with Crippen molar-refractivity contribution >= 4 is 39.6 Å². The Balaban J connectivity index is 1.77. The number of carbonyl (C=O) groups is 5. The zero-order chi connectivity index (χ0) is 31.9. The van der Waals surface area contributed by atoms with Crippen LogP contribution in [0.2, 0.25) is 0 Å². The monoisotopic (exact) mass is 612 g/mol. The summed E-state index contributed by atoms with van der Waals surface area (Å²) in [7, 11) is -2.05. The van der Waals surface area contributed by atoms with Crippen molar-refractivity contribution in [1.29, 1.82) is 0 Å². The van der Waals surface area contributed by atoms with Gasteiger partial charge in [0.1, 0.15) is 18.1 Å². The Labute approximate surface area is 249 Å². The highest BCUT2D eigenvalue weighted by Crippen LogP contribution is 2.50. The highest BCUT2D eigenvalue weighted by atomic mass is 32.2. The largest absolute Gasteiger partial charge is 0.363 e. The summed E-state index contributed by atoms with van der Waals surface area (Å²) in [4.78, 5) is 66.5. The van der Waals surface area contributed by atoms with E-state index < -0.39 is 74.6 Å². The number of likely N-dealkylation sites (tertiary alicyclic amines) is 1. The molecule has 2 aliphatic carbocycles. The zero-order valence-electron chi connectivity index (χ0n) is 26.0. The molecule has 3 fully saturated rings. The Morgan fingerprint density at radius 1 is 0.976 bits per heavy atom. The van der Waals surface area contributed by atoms with Crippen LogP contribution in [-0.4, -0.2) is 97.7 Å². The van der Waals surface area contributed by atoms with E-state index in [9.17, 15) is 32.4 Å².